The lowest BCUT2D eigenvalue weighted by atomic mass is 10.1. The Labute approximate surface area is 236 Å². The largest absolute Gasteiger partial charge is 0.389 e. The fourth-order valence-electron chi connectivity index (χ4n) is 4.86. The van der Waals surface area contributed by atoms with Gasteiger partial charge in [-0.1, -0.05) is 12.6 Å². The number of aliphatic hydroxyl groups is 1. The minimum Gasteiger partial charge on any atom is -0.389 e. The molecule has 212 valence electrons. The van der Waals surface area contributed by atoms with Gasteiger partial charge in [0.05, 0.1) is 16.7 Å². The molecule has 1 fully saturated rings. The first-order valence-electron chi connectivity index (χ1n) is 13.3. The third-order valence-electron chi connectivity index (χ3n) is 6.76. The van der Waals surface area contributed by atoms with Crippen molar-refractivity contribution in [2.24, 2.45) is 0 Å². The molecule has 0 atom stereocenters. The summed E-state index contributed by atoms with van der Waals surface area (Å²) in [4.78, 5) is 37.4. The Morgan fingerprint density at radius 1 is 1.12 bits per heavy atom. The molecular weight excluding hydrogens is 525 g/mol. The Hall–Kier alpha value is -4.61. The van der Waals surface area contributed by atoms with Crippen molar-refractivity contribution in [3.8, 4) is 5.69 Å². The van der Waals surface area contributed by atoms with E-state index in [2.05, 4.69) is 37.0 Å². The van der Waals surface area contributed by atoms with Gasteiger partial charge in [-0.25, -0.2) is 9.37 Å². The van der Waals surface area contributed by atoms with E-state index in [0.717, 1.165) is 31.9 Å². The van der Waals surface area contributed by atoms with Crippen LogP contribution in [0.25, 0.3) is 16.7 Å². The fourth-order valence-corrected chi connectivity index (χ4v) is 4.86. The molecule has 0 spiro atoms. The highest BCUT2D eigenvalue weighted by molar-refractivity contribution is 5.99. The number of carbonyl (C=O) groups is 1. The zero-order chi connectivity index (χ0) is 29.1. The SMILES string of the molecule is C=CC(=O)Nc1cccc(-n2ccc(=O)c3cnc(Nc4ccc(N5CCN(CC(C)(C)O)CC5)cc4F)nc32)c1. The van der Waals surface area contributed by atoms with Crippen molar-refractivity contribution < 1.29 is 14.3 Å². The van der Waals surface area contributed by atoms with Gasteiger partial charge in [0.15, 0.2) is 11.1 Å². The number of anilines is 4. The smallest absolute Gasteiger partial charge is 0.247 e. The molecule has 1 aliphatic rings. The maximum atomic E-state index is 15.2. The van der Waals surface area contributed by atoms with Crippen LogP contribution in [0.15, 0.2) is 78.4 Å². The maximum absolute atomic E-state index is 15.2. The van der Waals surface area contributed by atoms with Gasteiger partial charge < -0.3 is 25.2 Å². The van der Waals surface area contributed by atoms with Gasteiger partial charge in [0, 0.05) is 68.2 Å². The lowest BCUT2D eigenvalue weighted by Gasteiger charge is -2.38. The van der Waals surface area contributed by atoms with Crippen molar-refractivity contribution in [3.63, 3.8) is 0 Å². The minimum absolute atomic E-state index is 0.125. The molecule has 1 saturated heterocycles. The van der Waals surface area contributed by atoms with E-state index in [1.807, 2.05) is 12.1 Å². The monoisotopic (exact) mass is 557 g/mol. The first-order valence-corrected chi connectivity index (χ1v) is 13.3. The number of amides is 1. The number of carbonyl (C=O) groups excluding carboxylic acids is 1. The Balaban J connectivity index is 1.37. The van der Waals surface area contributed by atoms with Gasteiger partial charge >= 0.3 is 0 Å². The number of hydrogen-bond donors (Lipinski definition) is 3. The van der Waals surface area contributed by atoms with Gasteiger partial charge in [0.2, 0.25) is 11.9 Å². The summed E-state index contributed by atoms with van der Waals surface area (Å²) in [7, 11) is 0. The Kier molecular flexibility index (Phi) is 7.82. The normalized spacial score (nSPS) is 14.2. The van der Waals surface area contributed by atoms with Crippen LogP contribution in [-0.2, 0) is 4.79 Å². The van der Waals surface area contributed by atoms with E-state index in [1.165, 1.54) is 24.4 Å². The molecule has 0 unspecified atom stereocenters. The number of rotatable bonds is 8. The number of benzene rings is 2. The molecular formula is C30H32FN7O3. The summed E-state index contributed by atoms with van der Waals surface area (Å²) in [5, 5.41) is 16.0. The number of nitrogens with zero attached hydrogens (tertiary/aromatic N) is 5. The summed E-state index contributed by atoms with van der Waals surface area (Å²) in [5.74, 6) is -0.678. The zero-order valence-corrected chi connectivity index (χ0v) is 23.0. The van der Waals surface area contributed by atoms with Crippen molar-refractivity contribution in [2.75, 3.05) is 48.3 Å². The molecule has 3 N–H and O–H groups in total. The highest BCUT2D eigenvalue weighted by Crippen LogP contribution is 2.26. The fraction of sp³-hybridized carbons (Fsp3) is 0.267. The standard InChI is InChI=1S/C30H32FN7O3/c1-4-27(40)33-20-6-5-7-22(16-20)38-11-10-26(39)23-18-32-29(35-28(23)38)34-25-9-8-21(17-24(25)31)37-14-12-36(13-15-37)19-30(2,3)41/h4-11,16-18,41H,1,12-15,19H2,2-3H3,(H,33,40)(H,32,34,35). The van der Waals surface area contributed by atoms with Crippen LogP contribution in [0, 0.1) is 5.82 Å². The highest BCUT2D eigenvalue weighted by atomic mass is 19.1. The van der Waals surface area contributed by atoms with Crippen molar-refractivity contribution in [2.45, 2.75) is 19.4 Å². The molecule has 3 heterocycles. The molecule has 2 aromatic carbocycles. The lowest BCUT2D eigenvalue weighted by Crippen LogP contribution is -2.50. The van der Waals surface area contributed by atoms with E-state index < -0.39 is 11.4 Å². The summed E-state index contributed by atoms with van der Waals surface area (Å²) in [5.41, 5.74) is 1.49. The molecule has 10 nitrogen and oxygen atoms in total. The van der Waals surface area contributed by atoms with Gasteiger partial charge in [-0.05, 0) is 56.3 Å². The molecule has 0 radical (unpaired) electrons. The van der Waals surface area contributed by atoms with Gasteiger partial charge in [-0.3, -0.25) is 14.5 Å². The molecule has 41 heavy (non-hydrogen) atoms. The summed E-state index contributed by atoms with van der Waals surface area (Å²) in [6.45, 7) is 10.7. The van der Waals surface area contributed by atoms with E-state index in [4.69, 9.17) is 0 Å². The van der Waals surface area contributed by atoms with Gasteiger partial charge in [-0.2, -0.15) is 4.98 Å². The molecule has 1 aliphatic heterocycles. The van der Waals surface area contributed by atoms with Crippen LogP contribution in [0.1, 0.15) is 13.8 Å². The Bertz CT molecular complexity index is 1660. The van der Waals surface area contributed by atoms with Crippen molar-refractivity contribution >= 4 is 40.0 Å². The predicted molar refractivity (Wildman–Crippen MR) is 159 cm³/mol. The summed E-state index contributed by atoms with van der Waals surface area (Å²) in [6.07, 6.45) is 4.18. The van der Waals surface area contributed by atoms with Crippen LogP contribution in [0.2, 0.25) is 0 Å². The number of pyridine rings is 1. The Morgan fingerprint density at radius 2 is 1.90 bits per heavy atom. The number of piperazine rings is 1. The second-order valence-corrected chi connectivity index (χ2v) is 10.6. The molecule has 0 bridgehead atoms. The molecule has 1 amide bonds. The third kappa shape index (κ3) is 6.59. The number of nitrogens with one attached hydrogen (secondary N) is 2. The van der Waals surface area contributed by atoms with Crippen LogP contribution < -0.4 is 21.0 Å². The molecule has 5 rings (SSSR count). The number of β-amino-alcohol motifs (C(OH)–C–C–N with tert-alkyl or cyclic N) is 1. The topological polar surface area (TPSA) is 116 Å². The first-order chi connectivity index (χ1) is 19.6. The molecule has 4 aromatic rings. The van der Waals surface area contributed by atoms with Gasteiger partial charge in [0.1, 0.15) is 5.82 Å². The van der Waals surface area contributed by atoms with Gasteiger partial charge in [0.25, 0.3) is 0 Å². The summed E-state index contributed by atoms with van der Waals surface area (Å²) >= 11 is 0. The number of hydrogen-bond acceptors (Lipinski definition) is 8. The summed E-state index contributed by atoms with van der Waals surface area (Å²) < 4.78 is 16.9. The van der Waals surface area contributed by atoms with Crippen molar-refractivity contribution in [1.82, 2.24) is 19.4 Å². The molecule has 11 heteroatoms. The number of fused-ring (bicyclic) bond motifs is 1. The second kappa shape index (κ2) is 11.5. The van der Waals surface area contributed by atoms with Crippen molar-refractivity contribution in [3.05, 3.63) is 89.6 Å². The van der Waals surface area contributed by atoms with E-state index in [1.54, 1.807) is 48.9 Å². The number of aromatic nitrogens is 3. The predicted octanol–water partition coefficient (Wildman–Crippen LogP) is 3.68. The van der Waals surface area contributed by atoms with Crippen LogP contribution in [-0.4, -0.2) is 68.8 Å². The zero-order valence-electron chi connectivity index (χ0n) is 23.0. The van der Waals surface area contributed by atoms with Crippen LogP contribution in [0.5, 0.6) is 0 Å². The van der Waals surface area contributed by atoms with Crippen molar-refractivity contribution in [1.29, 1.82) is 0 Å². The molecule has 0 saturated carbocycles. The second-order valence-electron chi connectivity index (χ2n) is 10.6. The minimum atomic E-state index is -0.756. The Morgan fingerprint density at radius 3 is 2.61 bits per heavy atom. The summed E-state index contributed by atoms with van der Waals surface area (Å²) in [6, 6.07) is 13.4. The van der Waals surface area contributed by atoms with Gasteiger partial charge in [-0.15, -0.1) is 0 Å². The van der Waals surface area contributed by atoms with Crippen LogP contribution >= 0.6 is 0 Å². The van der Waals surface area contributed by atoms with E-state index in [-0.39, 0.29) is 28.4 Å². The first kappa shape index (κ1) is 27.9. The van der Waals surface area contributed by atoms with E-state index in [9.17, 15) is 14.7 Å². The molecule has 2 aromatic heterocycles. The average Bonchev–Trinajstić information content (AvgIpc) is 2.94. The van der Waals surface area contributed by atoms with E-state index >= 15 is 4.39 Å². The average molecular weight is 558 g/mol. The van der Waals surface area contributed by atoms with E-state index in [0.29, 0.717) is 23.6 Å². The maximum Gasteiger partial charge on any atom is 0.247 e. The highest BCUT2D eigenvalue weighted by Gasteiger charge is 2.23. The molecule has 0 aliphatic carbocycles. The van der Waals surface area contributed by atoms with Crippen LogP contribution in [0.4, 0.5) is 27.4 Å². The third-order valence-corrected chi connectivity index (χ3v) is 6.76. The lowest BCUT2D eigenvalue weighted by molar-refractivity contribution is -0.111. The van der Waals surface area contributed by atoms with Crippen LogP contribution in [0.3, 0.4) is 0 Å². The number of halogens is 1. The quantitative estimate of drug-likeness (QED) is 0.281.